The Labute approximate surface area is 107 Å². The Kier molecular flexibility index (Phi) is 5.29. The number of rotatable bonds is 5. The fraction of sp³-hybridized carbons (Fsp3) is 0.462. The maximum atomic E-state index is 11.3. The third kappa shape index (κ3) is 4.65. The predicted octanol–water partition coefficient (Wildman–Crippen LogP) is 3.40. The first-order valence-corrected chi connectivity index (χ1v) is 6.09. The van der Waals surface area contributed by atoms with E-state index in [1.165, 1.54) is 0 Å². The molecule has 94 valence electrons. The van der Waals surface area contributed by atoms with Gasteiger partial charge in [-0.3, -0.25) is 4.79 Å². The highest BCUT2D eigenvalue weighted by Crippen LogP contribution is 2.21. The molecule has 1 N–H and O–H groups in total. The Morgan fingerprint density at radius 2 is 2.24 bits per heavy atom. The first-order valence-electron chi connectivity index (χ1n) is 5.71. The Morgan fingerprint density at radius 1 is 1.53 bits per heavy atom. The van der Waals surface area contributed by atoms with Gasteiger partial charge in [-0.05, 0) is 38.5 Å². The molecule has 3 nitrogen and oxygen atoms in total. The van der Waals surface area contributed by atoms with Crippen LogP contribution in [0, 0.1) is 6.92 Å². The second-order valence-corrected chi connectivity index (χ2v) is 4.45. The third-order valence-electron chi connectivity index (χ3n) is 2.38. The number of aryl methyl sites for hydroxylation is 1. The van der Waals surface area contributed by atoms with Gasteiger partial charge in [0.05, 0.1) is 13.0 Å². The molecular formula is C13H18ClNO2. The van der Waals surface area contributed by atoms with Gasteiger partial charge in [-0.1, -0.05) is 17.7 Å². The van der Waals surface area contributed by atoms with E-state index < -0.39 is 0 Å². The molecule has 0 fully saturated rings. The lowest BCUT2D eigenvalue weighted by atomic mass is 10.1. The van der Waals surface area contributed by atoms with Gasteiger partial charge in [0.15, 0.2) is 0 Å². The Balaban J connectivity index is 2.58. The monoisotopic (exact) mass is 255 g/mol. The first kappa shape index (κ1) is 13.8. The van der Waals surface area contributed by atoms with Crippen molar-refractivity contribution in [2.75, 3.05) is 11.9 Å². The summed E-state index contributed by atoms with van der Waals surface area (Å²) in [6, 6.07) is 5.67. The van der Waals surface area contributed by atoms with E-state index in [0.29, 0.717) is 18.1 Å². The molecule has 0 bridgehead atoms. The molecular weight excluding hydrogens is 238 g/mol. The molecule has 1 unspecified atom stereocenters. The van der Waals surface area contributed by atoms with E-state index in [0.717, 1.165) is 11.3 Å². The van der Waals surface area contributed by atoms with Crippen molar-refractivity contribution in [2.45, 2.75) is 33.2 Å². The predicted molar refractivity (Wildman–Crippen MR) is 70.5 cm³/mol. The molecule has 1 aromatic carbocycles. The molecule has 0 aliphatic rings. The van der Waals surface area contributed by atoms with E-state index >= 15 is 0 Å². The van der Waals surface area contributed by atoms with Crippen LogP contribution >= 0.6 is 11.6 Å². The van der Waals surface area contributed by atoms with Crippen LogP contribution in [0.1, 0.15) is 25.8 Å². The lowest BCUT2D eigenvalue weighted by molar-refractivity contribution is -0.143. The topological polar surface area (TPSA) is 38.3 Å². The van der Waals surface area contributed by atoms with Crippen molar-refractivity contribution in [3.05, 3.63) is 28.8 Å². The summed E-state index contributed by atoms with van der Waals surface area (Å²) in [5.74, 6) is -0.188. The van der Waals surface area contributed by atoms with E-state index in [1.54, 1.807) is 6.92 Å². The second-order valence-electron chi connectivity index (χ2n) is 4.01. The highest BCUT2D eigenvalue weighted by atomic mass is 35.5. The van der Waals surface area contributed by atoms with Gasteiger partial charge >= 0.3 is 5.97 Å². The number of hydrogen-bond donors (Lipinski definition) is 1. The summed E-state index contributed by atoms with van der Waals surface area (Å²) in [5, 5.41) is 3.94. The number of carbonyl (C=O) groups is 1. The minimum Gasteiger partial charge on any atom is -0.466 e. The van der Waals surface area contributed by atoms with E-state index in [9.17, 15) is 4.79 Å². The molecule has 4 heteroatoms. The summed E-state index contributed by atoms with van der Waals surface area (Å²) in [4.78, 5) is 11.3. The number of ether oxygens (including phenoxy) is 1. The molecule has 0 radical (unpaired) electrons. The maximum absolute atomic E-state index is 11.3. The van der Waals surface area contributed by atoms with E-state index in [2.05, 4.69) is 5.32 Å². The minimum atomic E-state index is -0.188. The molecule has 0 heterocycles. The molecule has 0 saturated heterocycles. The standard InChI is InChI=1S/C13H18ClNO2/c1-4-17-13(16)7-10(3)15-12-8-11(14)6-5-9(12)2/h5-6,8,10,15H,4,7H2,1-3H3. The molecule has 17 heavy (non-hydrogen) atoms. The second kappa shape index (κ2) is 6.50. The van der Waals surface area contributed by atoms with Gasteiger partial charge in [-0.25, -0.2) is 0 Å². The average Bonchev–Trinajstić information content (AvgIpc) is 2.23. The average molecular weight is 256 g/mol. The van der Waals surface area contributed by atoms with Gasteiger partial charge in [0, 0.05) is 16.8 Å². The molecule has 1 atom stereocenters. The lowest BCUT2D eigenvalue weighted by Gasteiger charge is -2.16. The van der Waals surface area contributed by atoms with Gasteiger partial charge in [-0.2, -0.15) is 0 Å². The van der Waals surface area contributed by atoms with Gasteiger partial charge < -0.3 is 10.1 Å². The first-order chi connectivity index (χ1) is 8.02. The van der Waals surface area contributed by atoms with Crippen molar-refractivity contribution in [1.29, 1.82) is 0 Å². The third-order valence-corrected chi connectivity index (χ3v) is 2.61. The van der Waals surface area contributed by atoms with Crippen molar-refractivity contribution in [3.63, 3.8) is 0 Å². The van der Waals surface area contributed by atoms with Crippen molar-refractivity contribution < 1.29 is 9.53 Å². The molecule has 0 saturated carbocycles. The number of benzene rings is 1. The Bertz CT molecular complexity index is 393. The quantitative estimate of drug-likeness (QED) is 0.820. The highest BCUT2D eigenvalue weighted by Gasteiger charge is 2.10. The lowest BCUT2D eigenvalue weighted by Crippen LogP contribution is -2.21. The summed E-state index contributed by atoms with van der Waals surface area (Å²) in [6.07, 6.45) is 0.347. The van der Waals surface area contributed by atoms with E-state index in [4.69, 9.17) is 16.3 Å². The summed E-state index contributed by atoms with van der Waals surface area (Å²) in [6.45, 7) is 6.16. The number of esters is 1. The Morgan fingerprint density at radius 3 is 2.88 bits per heavy atom. The zero-order chi connectivity index (χ0) is 12.8. The summed E-state index contributed by atoms with van der Waals surface area (Å²) >= 11 is 5.92. The number of hydrogen-bond acceptors (Lipinski definition) is 3. The van der Waals surface area contributed by atoms with Crippen LogP contribution in [-0.2, 0) is 9.53 Å². The minimum absolute atomic E-state index is 0.0196. The van der Waals surface area contributed by atoms with Crippen LogP contribution in [0.25, 0.3) is 0 Å². The number of anilines is 1. The summed E-state index contributed by atoms with van der Waals surface area (Å²) in [7, 11) is 0. The van der Waals surface area contributed by atoms with E-state index in [-0.39, 0.29) is 12.0 Å². The van der Waals surface area contributed by atoms with Crippen molar-refractivity contribution in [2.24, 2.45) is 0 Å². The molecule has 0 aromatic heterocycles. The fourth-order valence-corrected chi connectivity index (χ4v) is 1.71. The van der Waals surface area contributed by atoms with Crippen molar-refractivity contribution >= 4 is 23.3 Å². The van der Waals surface area contributed by atoms with Gasteiger partial charge in [0.2, 0.25) is 0 Å². The summed E-state index contributed by atoms with van der Waals surface area (Å²) < 4.78 is 4.90. The van der Waals surface area contributed by atoms with Gasteiger partial charge in [0.1, 0.15) is 0 Å². The molecule has 0 spiro atoms. The van der Waals surface area contributed by atoms with Gasteiger partial charge in [-0.15, -0.1) is 0 Å². The van der Waals surface area contributed by atoms with Crippen LogP contribution in [0.3, 0.4) is 0 Å². The van der Waals surface area contributed by atoms with Crippen LogP contribution in [0.5, 0.6) is 0 Å². The smallest absolute Gasteiger partial charge is 0.307 e. The molecule has 0 aliphatic heterocycles. The van der Waals surface area contributed by atoms with Crippen LogP contribution in [0.15, 0.2) is 18.2 Å². The molecule has 1 rings (SSSR count). The van der Waals surface area contributed by atoms with Crippen molar-refractivity contribution in [3.8, 4) is 0 Å². The SMILES string of the molecule is CCOC(=O)CC(C)Nc1cc(Cl)ccc1C. The largest absolute Gasteiger partial charge is 0.466 e. The molecule has 1 aromatic rings. The molecule has 0 aliphatic carbocycles. The zero-order valence-corrected chi connectivity index (χ0v) is 11.2. The van der Waals surface area contributed by atoms with Crippen LogP contribution in [0.2, 0.25) is 5.02 Å². The van der Waals surface area contributed by atoms with Crippen LogP contribution in [0.4, 0.5) is 5.69 Å². The Hall–Kier alpha value is -1.22. The van der Waals surface area contributed by atoms with Crippen molar-refractivity contribution in [1.82, 2.24) is 0 Å². The fourth-order valence-electron chi connectivity index (χ4n) is 1.54. The number of carbonyl (C=O) groups excluding carboxylic acids is 1. The normalized spacial score (nSPS) is 12.0. The van der Waals surface area contributed by atoms with Crippen LogP contribution in [-0.4, -0.2) is 18.6 Å². The number of nitrogens with one attached hydrogen (secondary N) is 1. The maximum Gasteiger partial charge on any atom is 0.307 e. The van der Waals surface area contributed by atoms with Crippen LogP contribution < -0.4 is 5.32 Å². The van der Waals surface area contributed by atoms with E-state index in [1.807, 2.05) is 32.0 Å². The highest BCUT2D eigenvalue weighted by molar-refractivity contribution is 6.30. The number of halogens is 1. The summed E-state index contributed by atoms with van der Waals surface area (Å²) in [5.41, 5.74) is 2.06. The zero-order valence-electron chi connectivity index (χ0n) is 10.4. The van der Waals surface area contributed by atoms with Gasteiger partial charge in [0.25, 0.3) is 0 Å². The molecule has 0 amide bonds.